The summed E-state index contributed by atoms with van der Waals surface area (Å²) in [5.41, 5.74) is 2.48. The maximum absolute atomic E-state index is 4.73. The molecule has 1 saturated heterocycles. The molecule has 4 heteroatoms. The molecule has 3 rings (SSSR count). The third kappa shape index (κ3) is 1.89. The summed E-state index contributed by atoms with van der Waals surface area (Å²) in [4.78, 5) is 4.73. The lowest BCUT2D eigenvalue weighted by Gasteiger charge is -2.21. The van der Waals surface area contributed by atoms with Crippen molar-refractivity contribution < 1.29 is 0 Å². The van der Waals surface area contributed by atoms with E-state index in [2.05, 4.69) is 50.9 Å². The Morgan fingerprint density at radius 2 is 2.18 bits per heavy atom. The molecule has 0 radical (unpaired) electrons. The fourth-order valence-electron chi connectivity index (χ4n) is 2.65. The van der Waals surface area contributed by atoms with Crippen LogP contribution in [0.4, 0.5) is 0 Å². The molecule has 1 aliphatic rings. The van der Waals surface area contributed by atoms with E-state index < -0.39 is 0 Å². The third-order valence-corrected chi connectivity index (χ3v) is 4.11. The molecule has 2 aromatic rings. The van der Waals surface area contributed by atoms with Gasteiger partial charge in [-0.2, -0.15) is 0 Å². The van der Waals surface area contributed by atoms with Gasteiger partial charge in [0.05, 0.1) is 5.52 Å². The van der Waals surface area contributed by atoms with Crippen LogP contribution in [0.2, 0.25) is 0 Å². The van der Waals surface area contributed by atoms with Crippen LogP contribution in [0.25, 0.3) is 5.52 Å². The first-order valence-corrected chi connectivity index (χ1v) is 6.90. The number of pyridine rings is 1. The van der Waals surface area contributed by atoms with E-state index >= 15 is 0 Å². The molecule has 1 fully saturated rings. The highest BCUT2D eigenvalue weighted by molar-refractivity contribution is 9.10. The summed E-state index contributed by atoms with van der Waals surface area (Å²) in [7, 11) is 0. The number of nitrogens with one attached hydrogen (secondary N) is 1. The minimum absolute atomic E-state index is 0.580. The molecule has 0 aromatic carbocycles. The molecule has 0 saturated carbocycles. The van der Waals surface area contributed by atoms with Crippen molar-refractivity contribution in [3.05, 3.63) is 34.3 Å². The minimum atomic E-state index is 0.580. The van der Waals surface area contributed by atoms with Gasteiger partial charge in [0.2, 0.25) is 0 Å². The van der Waals surface area contributed by atoms with E-state index in [1.54, 1.807) is 0 Å². The van der Waals surface area contributed by atoms with Crippen molar-refractivity contribution in [1.29, 1.82) is 0 Å². The van der Waals surface area contributed by atoms with Crippen molar-refractivity contribution in [2.24, 2.45) is 0 Å². The van der Waals surface area contributed by atoms with Crippen molar-refractivity contribution >= 4 is 21.4 Å². The molecule has 17 heavy (non-hydrogen) atoms. The van der Waals surface area contributed by atoms with Crippen molar-refractivity contribution in [3.63, 3.8) is 0 Å². The third-order valence-electron chi connectivity index (χ3n) is 3.56. The highest BCUT2D eigenvalue weighted by Crippen LogP contribution is 2.30. The fourth-order valence-corrected chi connectivity index (χ4v) is 3.33. The molecular formula is C13H16BrN3. The van der Waals surface area contributed by atoms with E-state index in [4.69, 9.17) is 4.98 Å². The van der Waals surface area contributed by atoms with Gasteiger partial charge in [-0.15, -0.1) is 0 Å². The number of nitrogens with zero attached hydrogens (tertiary/aromatic N) is 2. The second kappa shape index (κ2) is 4.42. The summed E-state index contributed by atoms with van der Waals surface area (Å²) in [5, 5.41) is 3.40. The van der Waals surface area contributed by atoms with Gasteiger partial charge in [0.25, 0.3) is 0 Å². The van der Waals surface area contributed by atoms with Crippen LogP contribution in [0.5, 0.6) is 0 Å². The van der Waals surface area contributed by atoms with Crippen LogP contribution in [0.1, 0.15) is 30.1 Å². The highest BCUT2D eigenvalue weighted by atomic mass is 79.9. The molecule has 2 aromatic heterocycles. The highest BCUT2D eigenvalue weighted by Gasteiger charge is 2.21. The van der Waals surface area contributed by atoms with E-state index in [1.807, 2.05) is 0 Å². The first-order valence-electron chi connectivity index (χ1n) is 6.11. The zero-order valence-corrected chi connectivity index (χ0v) is 11.5. The second-order valence-electron chi connectivity index (χ2n) is 4.69. The molecule has 0 bridgehead atoms. The van der Waals surface area contributed by atoms with Crippen LogP contribution in [0.15, 0.2) is 22.9 Å². The summed E-state index contributed by atoms with van der Waals surface area (Å²) in [6, 6.07) is 4.23. The van der Waals surface area contributed by atoms with Crippen LogP contribution in [0.3, 0.4) is 0 Å². The Labute approximate surface area is 109 Å². The van der Waals surface area contributed by atoms with Crippen molar-refractivity contribution in [2.45, 2.75) is 25.7 Å². The lowest BCUT2D eigenvalue weighted by Crippen LogP contribution is -2.27. The van der Waals surface area contributed by atoms with Gasteiger partial charge in [-0.25, -0.2) is 4.98 Å². The van der Waals surface area contributed by atoms with Crippen LogP contribution >= 0.6 is 15.9 Å². The molecule has 3 heterocycles. The van der Waals surface area contributed by atoms with E-state index in [9.17, 15) is 0 Å². The standard InChI is InChI=1S/C13H16BrN3/c1-9-3-2-8-17-11(9)12(14)16-13(17)10-4-6-15-7-5-10/h2-3,8,10,15H,4-7H2,1H3. The quantitative estimate of drug-likeness (QED) is 0.876. The van der Waals surface area contributed by atoms with Crippen LogP contribution in [-0.4, -0.2) is 22.5 Å². The number of aryl methyl sites for hydroxylation is 1. The smallest absolute Gasteiger partial charge is 0.132 e. The molecule has 90 valence electrons. The molecule has 0 amide bonds. The lowest BCUT2D eigenvalue weighted by atomic mass is 9.97. The minimum Gasteiger partial charge on any atom is -0.317 e. The molecule has 0 aliphatic carbocycles. The van der Waals surface area contributed by atoms with E-state index in [1.165, 1.54) is 29.7 Å². The zero-order valence-electron chi connectivity index (χ0n) is 9.91. The summed E-state index contributed by atoms with van der Waals surface area (Å²) in [6.07, 6.45) is 4.48. The first kappa shape index (κ1) is 11.2. The van der Waals surface area contributed by atoms with Gasteiger partial charge < -0.3 is 9.72 Å². The van der Waals surface area contributed by atoms with Gasteiger partial charge in [-0.3, -0.25) is 0 Å². The predicted octanol–water partition coefficient (Wildman–Crippen LogP) is 2.87. The Morgan fingerprint density at radius 3 is 2.94 bits per heavy atom. The van der Waals surface area contributed by atoms with Gasteiger partial charge in [-0.1, -0.05) is 6.07 Å². The number of rotatable bonds is 1. The Hall–Kier alpha value is -0.870. The molecule has 0 unspecified atom stereocenters. The monoisotopic (exact) mass is 293 g/mol. The summed E-state index contributed by atoms with van der Waals surface area (Å²) in [5.74, 6) is 1.79. The Kier molecular flexibility index (Phi) is 2.92. The number of halogens is 1. The van der Waals surface area contributed by atoms with Crippen molar-refractivity contribution in [2.75, 3.05) is 13.1 Å². The zero-order chi connectivity index (χ0) is 11.8. The Balaban J connectivity index is 2.13. The van der Waals surface area contributed by atoms with Gasteiger partial charge in [-0.05, 0) is 60.4 Å². The molecule has 1 N–H and O–H groups in total. The summed E-state index contributed by atoms with van der Waals surface area (Å²) in [6.45, 7) is 4.33. The second-order valence-corrected chi connectivity index (χ2v) is 5.45. The van der Waals surface area contributed by atoms with Gasteiger partial charge in [0.15, 0.2) is 0 Å². The van der Waals surface area contributed by atoms with E-state index in [0.717, 1.165) is 17.7 Å². The predicted molar refractivity (Wildman–Crippen MR) is 72.5 cm³/mol. The van der Waals surface area contributed by atoms with Crippen molar-refractivity contribution in [1.82, 2.24) is 14.7 Å². The maximum atomic E-state index is 4.73. The fraction of sp³-hybridized carbons (Fsp3) is 0.462. The van der Waals surface area contributed by atoms with Gasteiger partial charge >= 0.3 is 0 Å². The number of fused-ring (bicyclic) bond motifs is 1. The summed E-state index contributed by atoms with van der Waals surface area (Å²) >= 11 is 3.59. The molecule has 1 aliphatic heterocycles. The molecule has 0 spiro atoms. The molecular weight excluding hydrogens is 278 g/mol. The summed E-state index contributed by atoms with van der Waals surface area (Å²) < 4.78 is 3.22. The Morgan fingerprint density at radius 1 is 1.41 bits per heavy atom. The normalized spacial score (nSPS) is 17.8. The SMILES string of the molecule is Cc1cccn2c(C3CCNCC3)nc(Br)c12. The number of aromatic nitrogens is 2. The number of hydrogen-bond donors (Lipinski definition) is 1. The largest absolute Gasteiger partial charge is 0.317 e. The van der Waals surface area contributed by atoms with E-state index in [-0.39, 0.29) is 0 Å². The Bertz CT molecular complexity index is 541. The maximum Gasteiger partial charge on any atom is 0.132 e. The average molecular weight is 294 g/mol. The van der Waals surface area contributed by atoms with Gasteiger partial charge in [0.1, 0.15) is 10.4 Å². The van der Waals surface area contributed by atoms with Gasteiger partial charge in [0, 0.05) is 12.1 Å². The average Bonchev–Trinajstić information content (AvgIpc) is 2.69. The molecule has 0 atom stereocenters. The molecule has 3 nitrogen and oxygen atoms in total. The number of imidazole rings is 1. The number of piperidine rings is 1. The van der Waals surface area contributed by atoms with E-state index in [0.29, 0.717) is 5.92 Å². The van der Waals surface area contributed by atoms with Crippen LogP contribution in [0, 0.1) is 6.92 Å². The number of hydrogen-bond acceptors (Lipinski definition) is 2. The lowest BCUT2D eigenvalue weighted by molar-refractivity contribution is 0.444. The first-order chi connectivity index (χ1) is 8.27. The van der Waals surface area contributed by atoms with Crippen LogP contribution in [-0.2, 0) is 0 Å². The topological polar surface area (TPSA) is 29.3 Å². The van der Waals surface area contributed by atoms with Crippen molar-refractivity contribution in [3.8, 4) is 0 Å². The van der Waals surface area contributed by atoms with Crippen LogP contribution < -0.4 is 5.32 Å².